The lowest BCUT2D eigenvalue weighted by atomic mass is 9.84. The number of halogens is 2. The summed E-state index contributed by atoms with van der Waals surface area (Å²) in [5, 5.41) is 0.194. The van der Waals surface area contributed by atoms with Gasteiger partial charge in [0.1, 0.15) is 11.6 Å². The van der Waals surface area contributed by atoms with Crippen molar-refractivity contribution in [2.45, 2.75) is 48.8 Å². The zero-order valence-corrected chi connectivity index (χ0v) is 11.4. The molecule has 0 spiro atoms. The largest absolute Gasteiger partial charge is 0.327 e. The maximum absolute atomic E-state index is 13.6. The van der Waals surface area contributed by atoms with Gasteiger partial charge in [0.25, 0.3) is 0 Å². The summed E-state index contributed by atoms with van der Waals surface area (Å²) in [5.41, 5.74) is 6.09. The lowest BCUT2D eigenvalue weighted by Gasteiger charge is -2.33. The zero-order chi connectivity index (χ0) is 13.1. The summed E-state index contributed by atoms with van der Waals surface area (Å²) < 4.78 is 26.7. The van der Waals surface area contributed by atoms with Gasteiger partial charge in [-0.1, -0.05) is 13.3 Å². The molecule has 3 unspecified atom stereocenters. The molecule has 0 heterocycles. The summed E-state index contributed by atoms with van der Waals surface area (Å²) in [6.45, 7) is 2.17. The Morgan fingerprint density at radius 3 is 2.83 bits per heavy atom. The molecule has 18 heavy (non-hydrogen) atoms. The first kappa shape index (κ1) is 13.8. The van der Waals surface area contributed by atoms with E-state index < -0.39 is 5.82 Å². The van der Waals surface area contributed by atoms with Crippen molar-refractivity contribution < 1.29 is 8.78 Å². The molecule has 1 aromatic carbocycles. The third kappa shape index (κ3) is 3.23. The van der Waals surface area contributed by atoms with Crippen molar-refractivity contribution in [2.24, 2.45) is 11.7 Å². The molecule has 4 heteroatoms. The Morgan fingerprint density at radius 2 is 2.11 bits per heavy atom. The van der Waals surface area contributed by atoms with Crippen molar-refractivity contribution in [3.05, 3.63) is 29.8 Å². The highest BCUT2D eigenvalue weighted by Crippen LogP contribution is 2.37. The first-order valence-corrected chi connectivity index (χ1v) is 7.35. The Morgan fingerprint density at radius 1 is 1.33 bits per heavy atom. The van der Waals surface area contributed by atoms with Gasteiger partial charge in [-0.3, -0.25) is 0 Å². The average molecular weight is 271 g/mol. The Kier molecular flexibility index (Phi) is 4.62. The van der Waals surface area contributed by atoms with Gasteiger partial charge in [0.05, 0.1) is 0 Å². The molecular formula is C14H19F2NS. The third-order valence-electron chi connectivity index (χ3n) is 3.70. The molecule has 0 saturated heterocycles. The van der Waals surface area contributed by atoms with Gasteiger partial charge in [-0.2, -0.15) is 0 Å². The summed E-state index contributed by atoms with van der Waals surface area (Å²) >= 11 is 1.39. The van der Waals surface area contributed by atoms with Gasteiger partial charge in [-0.05, 0) is 43.4 Å². The van der Waals surface area contributed by atoms with E-state index in [9.17, 15) is 8.78 Å². The van der Waals surface area contributed by atoms with E-state index in [0.717, 1.165) is 31.7 Å². The fourth-order valence-electron chi connectivity index (χ4n) is 2.47. The van der Waals surface area contributed by atoms with E-state index in [4.69, 9.17) is 5.73 Å². The molecule has 0 aromatic heterocycles. The molecule has 1 aliphatic carbocycles. The molecule has 2 N–H and O–H groups in total. The Hall–Kier alpha value is -0.610. The molecule has 1 aliphatic rings. The quantitative estimate of drug-likeness (QED) is 0.900. The molecule has 0 amide bonds. The highest BCUT2D eigenvalue weighted by Gasteiger charge is 2.28. The van der Waals surface area contributed by atoms with Gasteiger partial charge < -0.3 is 5.73 Å². The van der Waals surface area contributed by atoms with Crippen LogP contribution in [0.4, 0.5) is 8.78 Å². The van der Waals surface area contributed by atoms with Gasteiger partial charge >= 0.3 is 0 Å². The van der Waals surface area contributed by atoms with Crippen molar-refractivity contribution in [1.82, 2.24) is 0 Å². The lowest BCUT2D eigenvalue weighted by Crippen LogP contribution is -2.38. The number of benzene rings is 1. The van der Waals surface area contributed by atoms with Crippen molar-refractivity contribution >= 4 is 11.8 Å². The molecule has 2 rings (SSSR count). The second-order valence-corrected chi connectivity index (χ2v) is 6.26. The molecule has 1 aromatic rings. The number of hydrogen-bond donors (Lipinski definition) is 1. The number of rotatable bonds is 3. The van der Waals surface area contributed by atoms with E-state index in [2.05, 4.69) is 6.92 Å². The van der Waals surface area contributed by atoms with Crippen molar-refractivity contribution in [1.29, 1.82) is 0 Å². The van der Waals surface area contributed by atoms with Crippen LogP contribution in [0, 0.1) is 17.6 Å². The number of thioether (sulfide) groups is 1. The maximum Gasteiger partial charge on any atom is 0.136 e. The standard InChI is InChI=1S/C14H19F2NS/c1-2-9-3-6-12(17)14(7-9)18-13-8-10(15)4-5-11(13)16/h4-5,8-9,12,14H,2-3,6-7,17H2,1H3. The highest BCUT2D eigenvalue weighted by atomic mass is 32.2. The minimum Gasteiger partial charge on any atom is -0.327 e. The van der Waals surface area contributed by atoms with Crippen LogP contribution in [0.3, 0.4) is 0 Å². The van der Waals surface area contributed by atoms with Crippen LogP contribution in [0.15, 0.2) is 23.1 Å². The summed E-state index contributed by atoms with van der Waals surface area (Å²) in [6.07, 6.45) is 4.27. The SMILES string of the molecule is CCC1CCC(N)C(Sc2cc(F)ccc2F)C1. The van der Waals surface area contributed by atoms with Crippen LogP contribution in [-0.2, 0) is 0 Å². The predicted molar refractivity (Wildman–Crippen MR) is 71.6 cm³/mol. The van der Waals surface area contributed by atoms with Gasteiger partial charge in [0.15, 0.2) is 0 Å². The summed E-state index contributed by atoms with van der Waals surface area (Å²) in [5.74, 6) is -0.0820. The molecule has 3 atom stereocenters. The van der Waals surface area contributed by atoms with Crippen LogP contribution in [0.25, 0.3) is 0 Å². The van der Waals surface area contributed by atoms with Crippen LogP contribution >= 0.6 is 11.8 Å². The minimum absolute atomic E-state index is 0.0838. The highest BCUT2D eigenvalue weighted by molar-refractivity contribution is 8.00. The Labute approximate surface area is 111 Å². The molecule has 1 nitrogen and oxygen atoms in total. The average Bonchev–Trinajstić information content (AvgIpc) is 2.36. The van der Waals surface area contributed by atoms with Crippen LogP contribution < -0.4 is 5.73 Å². The fraction of sp³-hybridized carbons (Fsp3) is 0.571. The molecule has 0 aliphatic heterocycles. The fourth-order valence-corrected chi connectivity index (χ4v) is 3.84. The summed E-state index contributed by atoms with van der Waals surface area (Å²) in [4.78, 5) is 0.382. The van der Waals surface area contributed by atoms with Crippen LogP contribution in [0.1, 0.15) is 32.6 Å². The molecule has 100 valence electrons. The number of hydrogen-bond acceptors (Lipinski definition) is 2. The molecular weight excluding hydrogens is 252 g/mol. The normalized spacial score (nSPS) is 28.3. The van der Waals surface area contributed by atoms with Gasteiger partial charge in [-0.25, -0.2) is 8.78 Å². The second kappa shape index (κ2) is 6.02. The van der Waals surface area contributed by atoms with Gasteiger partial charge in [-0.15, -0.1) is 11.8 Å². The Bertz CT molecular complexity index is 411. The second-order valence-electron chi connectivity index (χ2n) is 4.98. The molecule has 0 radical (unpaired) electrons. The monoisotopic (exact) mass is 271 g/mol. The van der Waals surface area contributed by atoms with Crippen molar-refractivity contribution in [3.63, 3.8) is 0 Å². The summed E-state index contributed by atoms with van der Waals surface area (Å²) in [7, 11) is 0. The van der Waals surface area contributed by atoms with Crippen molar-refractivity contribution in [3.8, 4) is 0 Å². The molecule has 1 saturated carbocycles. The van der Waals surface area contributed by atoms with Crippen LogP contribution in [-0.4, -0.2) is 11.3 Å². The van der Waals surface area contributed by atoms with Crippen LogP contribution in [0.2, 0.25) is 0 Å². The van der Waals surface area contributed by atoms with Crippen molar-refractivity contribution in [2.75, 3.05) is 0 Å². The minimum atomic E-state index is -0.393. The van der Waals surface area contributed by atoms with E-state index in [1.165, 1.54) is 23.9 Å². The summed E-state index contributed by atoms with van der Waals surface area (Å²) in [6, 6.07) is 3.68. The van der Waals surface area contributed by atoms with E-state index >= 15 is 0 Å². The molecule has 0 bridgehead atoms. The lowest BCUT2D eigenvalue weighted by molar-refractivity contribution is 0.327. The van der Waals surface area contributed by atoms with Gasteiger partial charge in [0.2, 0.25) is 0 Å². The van der Waals surface area contributed by atoms with E-state index in [1.54, 1.807) is 0 Å². The van der Waals surface area contributed by atoms with E-state index in [-0.39, 0.29) is 17.1 Å². The van der Waals surface area contributed by atoms with Crippen LogP contribution in [0.5, 0.6) is 0 Å². The number of nitrogens with two attached hydrogens (primary N) is 1. The van der Waals surface area contributed by atoms with E-state index in [1.807, 2.05) is 0 Å². The third-order valence-corrected chi connectivity index (χ3v) is 5.11. The first-order chi connectivity index (χ1) is 8.60. The van der Waals surface area contributed by atoms with Gasteiger partial charge in [0, 0.05) is 16.2 Å². The Balaban J connectivity index is 2.09. The maximum atomic E-state index is 13.6. The topological polar surface area (TPSA) is 26.0 Å². The van der Waals surface area contributed by atoms with E-state index in [0.29, 0.717) is 10.8 Å². The predicted octanol–water partition coefficient (Wildman–Crippen LogP) is 3.96. The smallest absolute Gasteiger partial charge is 0.136 e. The zero-order valence-electron chi connectivity index (χ0n) is 10.5. The first-order valence-electron chi connectivity index (χ1n) is 6.47. The molecule has 1 fully saturated rings.